The molecule has 1 saturated carbocycles. The van der Waals surface area contributed by atoms with Gasteiger partial charge in [0.1, 0.15) is 18.1 Å². The van der Waals surface area contributed by atoms with E-state index in [-0.39, 0.29) is 66.1 Å². The van der Waals surface area contributed by atoms with Crippen LogP contribution in [0.4, 0.5) is 10.1 Å². The number of Topliss-reactive ketones (excluding diaryl/α,β-unsaturated/α-hetero) is 1. The Kier molecular flexibility index (Phi) is 9.15. The molecule has 2 aromatic carbocycles. The van der Waals surface area contributed by atoms with Crippen molar-refractivity contribution in [1.82, 2.24) is 24.9 Å². The normalized spacial score (nSPS) is 15.4. The number of rotatable bonds is 11. The Morgan fingerprint density at radius 2 is 1.86 bits per heavy atom. The van der Waals surface area contributed by atoms with Crippen molar-refractivity contribution >= 4 is 51.7 Å². The van der Waals surface area contributed by atoms with Crippen molar-refractivity contribution in [2.45, 2.75) is 38.9 Å². The van der Waals surface area contributed by atoms with Gasteiger partial charge in [-0.3, -0.25) is 28.8 Å². The fraction of sp³-hybridized carbons (Fsp3) is 0.414. The molecule has 1 aliphatic heterocycles. The van der Waals surface area contributed by atoms with Crippen molar-refractivity contribution in [3.05, 3.63) is 58.5 Å². The molecule has 0 bridgehead atoms. The maximum absolute atomic E-state index is 14.2. The van der Waals surface area contributed by atoms with Gasteiger partial charge in [0, 0.05) is 49.2 Å². The van der Waals surface area contributed by atoms with Crippen LogP contribution < -0.4 is 10.6 Å². The predicted molar refractivity (Wildman–Crippen MR) is 154 cm³/mol. The second kappa shape index (κ2) is 13.0. The molecule has 0 spiro atoms. The molecule has 3 aromatic rings. The van der Waals surface area contributed by atoms with E-state index in [2.05, 4.69) is 15.7 Å². The number of hydrogen-bond acceptors (Lipinski definition) is 7. The third-order valence-corrected chi connectivity index (χ3v) is 7.55. The Bertz CT molecular complexity index is 1520. The number of fused-ring (bicyclic) bond motifs is 1. The van der Waals surface area contributed by atoms with E-state index < -0.39 is 11.7 Å². The first-order valence-corrected chi connectivity index (χ1v) is 14.2. The zero-order chi connectivity index (χ0) is 29.8. The monoisotopic (exact) mass is 598 g/mol. The molecule has 5 rings (SSSR count). The molecule has 13 heteroatoms. The maximum Gasteiger partial charge on any atom is 0.245 e. The van der Waals surface area contributed by atoms with Gasteiger partial charge >= 0.3 is 0 Å². The van der Waals surface area contributed by atoms with Crippen molar-refractivity contribution in [2.24, 2.45) is 0 Å². The fourth-order valence-electron chi connectivity index (χ4n) is 4.92. The van der Waals surface area contributed by atoms with E-state index in [1.54, 1.807) is 24.3 Å². The van der Waals surface area contributed by atoms with Crippen LogP contribution in [-0.2, 0) is 32.2 Å². The largest absolute Gasteiger partial charge is 0.379 e. The topological polar surface area (TPSA) is 126 Å². The smallest absolute Gasteiger partial charge is 0.245 e. The molecule has 1 aromatic heterocycles. The number of benzene rings is 2. The molecule has 2 heterocycles. The third kappa shape index (κ3) is 7.12. The number of nitrogens with zero attached hydrogens (tertiary/aromatic N) is 4. The van der Waals surface area contributed by atoms with Gasteiger partial charge < -0.3 is 20.3 Å². The lowest BCUT2D eigenvalue weighted by atomic mass is 10.1. The molecule has 2 aliphatic rings. The average Bonchev–Trinajstić information content (AvgIpc) is 3.74. The van der Waals surface area contributed by atoms with Crippen LogP contribution in [0, 0.1) is 5.82 Å². The third-order valence-electron chi connectivity index (χ3n) is 7.25. The van der Waals surface area contributed by atoms with Gasteiger partial charge in [0.15, 0.2) is 5.78 Å². The highest BCUT2D eigenvalue weighted by molar-refractivity contribution is 6.30. The Labute approximate surface area is 246 Å². The number of halogens is 2. The minimum atomic E-state index is -0.596. The first-order valence-electron chi connectivity index (χ1n) is 13.8. The fourth-order valence-corrected chi connectivity index (χ4v) is 5.11. The number of amides is 3. The molecule has 0 unspecified atom stereocenters. The summed E-state index contributed by atoms with van der Waals surface area (Å²) in [5.74, 6) is -1.82. The molecular formula is C29H32ClFN6O5. The van der Waals surface area contributed by atoms with E-state index in [4.69, 9.17) is 16.3 Å². The Hall–Kier alpha value is -3.87. The van der Waals surface area contributed by atoms with Gasteiger partial charge in [-0.25, -0.2) is 4.39 Å². The zero-order valence-corrected chi connectivity index (χ0v) is 24.0. The summed E-state index contributed by atoms with van der Waals surface area (Å²) >= 11 is 5.82. The summed E-state index contributed by atoms with van der Waals surface area (Å²) in [6.07, 6.45) is 1.54. The number of ketones is 1. The summed E-state index contributed by atoms with van der Waals surface area (Å²) in [6.45, 7) is 3.73. The molecule has 42 heavy (non-hydrogen) atoms. The summed E-state index contributed by atoms with van der Waals surface area (Å²) in [4.78, 5) is 54.6. The predicted octanol–water partition coefficient (Wildman–Crippen LogP) is 2.61. The molecule has 11 nitrogen and oxygen atoms in total. The first kappa shape index (κ1) is 29.6. The number of morpholine rings is 1. The first-order chi connectivity index (χ1) is 20.2. The molecule has 1 saturated heterocycles. The zero-order valence-electron chi connectivity index (χ0n) is 23.2. The minimum Gasteiger partial charge on any atom is -0.379 e. The molecule has 0 atom stereocenters. The highest BCUT2D eigenvalue weighted by Crippen LogP contribution is 2.28. The molecule has 2 fully saturated rings. The van der Waals surface area contributed by atoms with Crippen LogP contribution in [0.5, 0.6) is 0 Å². The molecule has 1 aliphatic carbocycles. The Balaban J connectivity index is 1.26. The van der Waals surface area contributed by atoms with Gasteiger partial charge in [0.25, 0.3) is 0 Å². The van der Waals surface area contributed by atoms with E-state index in [0.29, 0.717) is 42.9 Å². The number of aromatic nitrogens is 2. The molecular weight excluding hydrogens is 567 g/mol. The van der Waals surface area contributed by atoms with Crippen LogP contribution in [0.1, 0.15) is 35.8 Å². The van der Waals surface area contributed by atoms with Gasteiger partial charge in [-0.1, -0.05) is 23.7 Å². The van der Waals surface area contributed by atoms with E-state index in [0.717, 1.165) is 12.8 Å². The van der Waals surface area contributed by atoms with Crippen LogP contribution in [0.25, 0.3) is 10.9 Å². The highest BCUT2D eigenvalue weighted by atomic mass is 35.5. The number of carbonyl (C=O) groups is 4. The molecule has 3 amide bonds. The number of ether oxygens (including phenoxy) is 1. The van der Waals surface area contributed by atoms with Crippen LogP contribution >= 0.6 is 11.6 Å². The van der Waals surface area contributed by atoms with Crippen LogP contribution in [0.2, 0.25) is 5.02 Å². The van der Waals surface area contributed by atoms with Crippen LogP contribution in [0.15, 0.2) is 36.4 Å². The standard InChI is InChI=1S/C29H32ClFN6O5/c1-18(38)29-22-13-20(33-26(40)15-35-9-11-42-12-10-35)5-8-24(22)37(34-29)17-27(41)36(21-6-7-21)16-25(39)32-14-19-3-2-4-23(30)28(19)31/h2-5,8,13,21H,6-7,9-12,14-17H2,1H3,(H,32,39)(H,33,40). The van der Waals surface area contributed by atoms with Crippen molar-refractivity contribution in [3.63, 3.8) is 0 Å². The van der Waals surface area contributed by atoms with Gasteiger partial charge in [-0.15, -0.1) is 0 Å². The van der Waals surface area contributed by atoms with Gasteiger partial charge in [0.2, 0.25) is 17.7 Å². The summed E-state index contributed by atoms with van der Waals surface area (Å²) < 4.78 is 21.0. The van der Waals surface area contributed by atoms with E-state index in [1.807, 2.05) is 4.90 Å². The van der Waals surface area contributed by atoms with Crippen molar-refractivity contribution in [1.29, 1.82) is 0 Å². The van der Waals surface area contributed by atoms with Crippen molar-refractivity contribution in [3.8, 4) is 0 Å². The van der Waals surface area contributed by atoms with Gasteiger partial charge in [-0.2, -0.15) is 5.10 Å². The number of hydrogen-bond donors (Lipinski definition) is 2. The minimum absolute atomic E-state index is 0.0320. The number of nitrogens with one attached hydrogen (secondary N) is 2. The van der Waals surface area contributed by atoms with E-state index in [1.165, 1.54) is 28.6 Å². The van der Waals surface area contributed by atoms with Crippen LogP contribution in [0.3, 0.4) is 0 Å². The lowest BCUT2D eigenvalue weighted by Crippen LogP contribution is -2.43. The lowest BCUT2D eigenvalue weighted by Gasteiger charge is -2.25. The summed E-state index contributed by atoms with van der Waals surface area (Å²) in [5, 5.41) is 10.4. The number of carbonyl (C=O) groups excluding carboxylic acids is 4. The lowest BCUT2D eigenvalue weighted by molar-refractivity contribution is -0.137. The second-order valence-electron chi connectivity index (χ2n) is 10.5. The average molecular weight is 599 g/mol. The summed E-state index contributed by atoms with van der Waals surface area (Å²) in [6, 6.07) is 9.57. The van der Waals surface area contributed by atoms with Crippen molar-refractivity contribution in [2.75, 3.05) is 44.7 Å². The Morgan fingerprint density at radius 3 is 2.57 bits per heavy atom. The molecule has 222 valence electrons. The van der Waals surface area contributed by atoms with Crippen molar-refractivity contribution < 1.29 is 28.3 Å². The molecule has 0 radical (unpaired) electrons. The van der Waals surface area contributed by atoms with Crippen LogP contribution in [-0.4, -0.2) is 88.5 Å². The maximum atomic E-state index is 14.2. The quantitative estimate of drug-likeness (QED) is 0.325. The summed E-state index contributed by atoms with van der Waals surface area (Å²) in [7, 11) is 0. The van der Waals surface area contributed by atoms with Gasteiger partial charge in [-0.05, 0) is 37.1 Å². The highest BCUT2D eigenvalue weighted by Gasteiger charge is 2.34. The summed E-state index contributed by atoms with van der Waals surface area (Å²) in [5.41, 5.74) is 1.50. The Morgan fingerprint density at radius 1 is 1.10 bits per heavy atom. The molecule has 2 N–H and O–H groups in total. The number of anilines is 1. The second-order valence-corrected chi connectivity index (χ2v) is 10.9. The SMILES string of the molecule is CC(=O)c1nn(CC(=O)N(CC(=O)NCc2cccc(Cl)c2F)C2CC2)c2ccc(NC(=O)CN3CCOCC3)cc12. The van der Waals surface area contributed by atoms with E-state index >= 15 is 0 Å². The van der Waals surface area contributed by atoms with E-state index in [9.17, 15) is 23.6 Å². The van der Waals surface area contributed by atoms with Gasteiger partial charge in [0.05, 0.1) is 36.8 Å².